The minimum Gasteiger partial charge on any atom is -0.352 e. The van der Waals surface area contributed by atoms with Crippen LogP contribution in [0.3, 0.4) is 0 Å². The number of hydrazone groups is 1. The molecule has 0 saturated carbocycles. The Morgan fingerprint density at radius 1 is 1.25 bits per heavy atom. The summed E-state index contributed by atoms with van der Waals surface area (Å²) in [6.07, 6.45) is 3.01. The zero-order valence-electron chi connectivity index (χ0n) is 13.6. The SMILES string of the molecule is NN=Cc1ccc(C(=O)NCCCC(=O)N2CCC([O])CC2)cc1. The maximum atomic E-state index is 12.0. The van der Waals surface area contributed by atoms with Gasteiger partial charge in [0.2, 0.25) is 5.91 Å². The van der Waals surface area contributed by atoms with Crippen molar-refractivity contribution in [2.45, 2.75) is 31.8 Å². The molecule has 0 spiro atoms. The zero-order chi connectivity index (χ0) is 17.4. The normalized spacial score (nSPS) is 15.6. The Balaban J connectivity index is 1.68. The molecule has 7 heteroatoms. The molecule has 0 aromatic heterocycles. The van der Waals surface area contributed by atoms with Gasteiger partial charge in [0, 0.05) is 31.6 Å². The maximum Gasteiger partial charge on any atom is 0.251 e. The van der Waals surface area contributed by atoms with Crippen LogP contribution in [-0.4, -0.2) is 48.7 Å². The molecule has 3 N–H and O–H groups in total. The van der Waals surface area contributed by atoms with E-state index < -0.39 is 6.10 Å². The molecule has 7 nitrogen and oxygen atoms in total. The van der Waals surface area contributed by atoms with E-state index in [0.717, 1.165) is 5.56 Å². The van der Waals surface area contributed by atoms with Crippen molar-refractivity contribution in [1.29, 1.82) is 0 Å². The van der Waals surface area contributed by atoms with Crippen LogP contribution in [-0.2, 0) is 9.90 Å². The molecule has 1 fully saturated rings. The number of carbonyl (C=O) groups is 2. The van der Waals surface area contributed by atoms with Gasteiger partial charge < -0.3 is 16.1 Å². The van der Waals surface area contributed by atoms with Gasteiger partial charge in [0.05, 0.1) is 12.3 Å². The summed E-state index contributed by atoms with van der Waals surface area (Å²) in [5.41, 5.74) is 1.37. The summed E-state index contributed by atoms with van der Waals surface area (Å²) in [5, 5.41) is 17.5. The smallest absolute Gasteiger partial charge is 0.251 e. The number of nitrogens with zero attached hydrogens (tertiary/aromatic N) is 2. The van der Waals surface area contributed by atoms with Crippen LogP contribution in [0.2, 0.25) is 0 Å². The Morgan fingerprint density at radius 3 is 2.54 bits per heavy atom. The molecule has 1 aromatic rings. The van der Waals surface area contributed by atoms with E-state index in [1.165, 1.54) is 6.21 Å². The van der Waals surface area contributed by atoms with E-state index in [1.807, 2.05) is 0 Å². The summed E-state index contributed by atoms with van der Waals surface area (Å²) in [4.78, 5) is 25.7. The molecule has 0 aliphatic carbocycles. The highest BCUT2D eigenvalue weighted by Gasteiger charge is 2.21. The molecule has 24 heavy (non-hydrogen) atoms. The lowest BCUT2D eigenvalue weighted by Crippen LogP contribution is -2.39. The van der Waals surface area contributed by atoms with Crippen LogP contribution in [0.15, 0.2) is 29.4 Å². The van der Waals surface area contributed by atoms with Gasteiger partial charge in [-0.2, -0.15) is 5.10 Å². The van der Waals surface area contributed by atoms with Crippen molar-refractivity contribution in [1.82, 2.24) is 10.2 Å². The van der Waals surface area contributed by atoms with Gasteiger partial charge in [0.1, 0.15) is 0 Å². The highest BCUT2D eigenvalue weighted by Crippen LogP contribution is 2.12. The van der Waals surface area contributed by atoms with Crippen molar-refractivity contribution in [2.75, 3.05) is 19.6 Å². The fourth-order valence-electron chi connectivity index (χ4n) is 2.61. The first-order valence-corrected chi connectivity index (χ1v) is 8.15. The minimum atomic E-state index is -0.532. The van der Waals surface area contributed by atoms with Crippen molar-refractivity contribution in [3.63, 3.8) is 0 Å². The first kappa shape index (κ1) is 17.9. The van der Waals surface area contributed by atoms with Gasteiger partial charge in [0.25, 0.3) is 5.91 Å². The molecular formula is C17H23N4O3. The summed E-state index contributed by atoms with van der Waals surface area (Å²) < 4.78 is 0. The number of hydrogen-bond donors (Lipinski definition) is 2. The van der Waals surface area contributed by atoms with Crippen molar-refractivity contribution in [3.8, 4) is 0 Å². The molecule has 129 valence electrons. The predicted molar refractivity (Wildman–Crippen MR) is 90.1 cm³/mol. The second-order valence-electron chi connectivity index (χ2n) is 5.84. The van der Waals surface area contributed by atoms with Crippen molar-refractivity contribution < 1.29 is 14.7 Å². The average molecular weight is 331 g/mol. The number of rotatable bonds is 6. The zero-order valence-corrected chi connectivity index (χ0v) is 13.6. The first-order chi connectivity index (χ1) is 11.6. The van der Waals surface area contributed by atoms with Crippen LogP contribution in [0.4, 0.5) is 0 Å². The van der Waals surface area contributed by atoms with E-state index in [1.54, 1.807) is 29.2 Å². The van der Waals surface area contributed by atoms with Crippen molar-refractivity contribution >= 4 is 18.0 Å². The van der Waals surface area contributed by atoms with Gasteiger partial charge >= 0.3 is 0 Å². The van der Waals surface area contributed by atoms with E-state index >= 15 is 0 Å². The van der Waals surface area contributed by atoms with Crippen LogP contribution in [0.5, 0.6) is 0 Å². The van der Waals surface area contributed by atoms with Crippen LogP contribution >= 0.6 is 0 Å². The third-order valence-corrected chi connectivity index (χ3v) is 4.04. The van der Waals surface area contributed by atoms with E-state index in [9.17, 15) is 14.7 Å². The Hall–Kier alpha value is -2.41. The van der Waals surface area contributed by atoms with Crippen LogP contribution in [0.25, 0.3) is 0 Å². The molecule has 2 amide bonds. The standard InChI is InChI=1S/C17H23N4O3/c18-20-12-13-3-5-14(6-4-13)17(24)19-9-1-2-16(23)21-10-7-15(22)8-11-21/h3-6,12,15H,1-2,7-11,18H2,(H,19,24). The Kier molecular flexibility index (Phi) is 6.74. The first-order valence-electron chi connectivity index (χ1n) is 8.15. The molecule has 1 radical (unpaired) electrons. The lowest BCUT2D eigenvalue weighted by atomic mass is 10.1. The molecule has 2 rings (SSSR count). The topological polar surface area (TPSA) is 108 Å². The van der Waals surface area contributed by atoms with E-state index in [0.29, 0.717) is 50.9 Å². The average Bonchev–Trinajstić information content (AvgIpc) is 2.60. The van der Waals surface area contributed by atoms with Gasteiger partial charge in [0.15, 0.2) is 0 Å². The molecule has 1 saturated heterocycles. The second kappa shape index (κ2) is 9.02. The largest absolute Gasteiger partial charge is 0.352 e. The van der Waals surface area contributed by atoms with Gasteiger partial charge in [-0.1, -0.05) is 12.1 Å². The lowest BCUT2D eigenvalue weighted by molar-refractivity contribution is -0.133. The summed E-state index contributed by atoms with van der Waals surface area (Å²) >= 11 is 0. The fraction of sp³-hybridized carbons (Fsp3) is 0.471. The summed E-state index contributed by atoms with van der Waals surface area (Å²) in [6.45, 7) is 1.55. The predicted octanol–water partition coefficient (Wildman–Crippen LogP) is 0.911. The van der Waals surface area contributed by atoms with Crippen molar-refractivity contribution in [3.05, 3.63) is 35.4 Å². The van der Waals surface area contributed by atoms with E-state index in [2.05, 4.69) is 10.4 Å². The molecule has 0 bridgehead atoms. The molecule has 1 heterocycles. The monoisotopic (exact) mass is 331 g/mol. The number of likely N-dealkylation sites (tertiary alicyclic amines) is 1. The quantitative estimate of drug-likeness (QED) is 0.350. The molecule has 1 aliphatic heterocycles. The van der Waals surface area contributed by atoms with Crippen LogP contribution in [0, 0.1) is 0 Å². The van der Waals surface area contributed by atoms with Crippen molar-refractivity contribution in [2.24, 2.45) is 10.9 Å². The summed E-state index contributed by atoms with van der Waals surface area (Å²) in [5.74, 6) is 4.95. The number of piperidine rings is 1. The minimum absolute atomic E-state index is 0.0570. The number of amides is 2. The highest BCUT2D eigenvalue weighted by atomic mass is 16.3. The molecular weight excluding hydrogens is 308 g/mol. The Bertz CT molecular complexity index is 578. The van der Waals surface area contributed by atoms with E-state index in [4.69, 9.17) is 5.84 Å². The lowest BCUT2D eigenvalue weighted by Gasteiger charge is -2.28. The molecule has 1 aliphatic rings. The third kappa shape index (κ3) is 5.34. The molecule has 0 unspecified atom stereocenters. The van der Waals surface area contributed by atoms with Gasteiger partial charge in [-0.05, 0) is 37.0 Å². The fourth-order valence-corrected chi connectivity index (χ4v) is 2.61. The third-order valence-electron chi connectivity index (χ3n) is 4.04. The maximum absolute atomic E-state index is 12.0. The second-order valence-corrected chi connectivity index (χ2v) is 5.84. The summed E-state index contributed by atoms with van der Waals surface area (Å²) in [7, 11) is 0. The van der Waals surface area contributed by atoms with Gasteiger partial charge in [-0.15, -0.1) is 0 Å². The number of hydrogen-bond acceptors (Lipinski definition) is 4. The highest BCUT2D eigenvalue weighted by molar-refractivity contribution is 5.95. The molecule has 1 aromatic carbocycles. The summed E-state index contributed by atoms with van der Waals surface area (Å²) in [6, 6.07) is 6.91. The number of carbonyl (C=O) groups excluding carboxylic acids is 2. The van der Waals surface area contributed by atoms with Crippen LogP contribution < -0.4 is 11.2 Å². The number of benzene rings is 1. The number of nitrogens with one attached hydrogen (secondary N) is 1. The molecule has 0 atom stereocenters. The van der Waals surface area contributed by atoms with Gasteiger partial charge in [-0.3, -0.25) is 9.59 Å². The van der Waals surface area contributed by atoms with E-state index in [-0.39, 0.29) is 11.8 Å². The number of nitrogens with two attached hydrogens (primary N) is 1. The Morgan fingerprint density at radius 2 is 1.92 bits per heavy atom. The van der Waals surface area contributed by atoms with Crippen LogP contribution in [0.1, 0.15) is 41.6 Å². The van der Waals surface area contributed by atoms with Gasteiger partial charge in [-0.25, -0.2) is 5.11 Å². The Labute approximate surface area is 141 Å².